The van der Waals surface area contributed by atoms with Gasteiger partial charge in [0, 0.05) is 19.5 Å². The molecule has 114 valence electrons. The Hall–Kier alpha value is -1.68. The van der Waals surface area contributed by atoms with Gasteiger partial charge in [-0.3, -0.25) is 4.90 Å². The van der Waals surface area contributed by atoms with Gasteiger partial charge in [0.1, 0.15) is 0 Å². The molecular weight excluding hydrogens is 262 g/mol. The molecule has 0 bridgehead atoms. The van der Waals surface area contributed by atoms with Crippen LogP contribution in [0.15, 0.2) is 28.7 Å². The van der Waals surface area contributed by atoms with Gasteiger partial charge in [-0.05, 0) is 30.9 Å². The number of aryl methyl sites for hydroxylation is 2. The van der Waals surface area contributed by atoms with E-state index in [1.807, 2.05) is 6.92 Å². The summed E-state index contributed by atoms with van der Waals surface area (Å²) < 4.78 is 5.55. The summed E-state index contributed by atoms with van der Waals surface area (Å²) in [4.78, 5) is 2.40. The van der Waals surface area contributed by atoms with Crippen LogP contribution in [0.2, 0.25) is 0 Å². The van der Waals surface area contributed by atoms with E-state index in [0.717, 1.165) is 6.54 Å². The fraction of sp³-hybridized carbons (Fsp3) is 0.529. The fourth-order valence-corrected chi connectivity index (χ4v) is 2.66. The SMILES string of the molecule is Cc1nnc(CN(CC(C)C)C(C)c2ccccc2C)o1. The third-order valence-electron chi connectivity index (χ3n) is 3.69. The molecule has 2 rings (SSSR count). The number of nitrogens with zero attached hydrogens (tertiary/aromatic N) is 3. The molecule has 0 amide bonds. The zero-order valence-corrected chi connectivity index (χ0v) is 13.6. The van der Waals surface area contributed by atoms with E-state index in [9.17, 15) is 0 Å². The van der Waals surface area contributed by atoms with Crippen LogP contribution in [0.4, 0.5) is 0 Å². The Kier molecular flexibility index (Phi) is 5.12. The molecule has 0 aliphatic heterocycles. The quantitative estimate of drug-likeness (QED) is 0.808. The van der Waals surface area contributed by atoms with Gasteiger partial charge in [-0.2, -0.15) is 0 Å². The van der Waals surface area contributed by atoms with Crippen LogP contribution in [-0.2, 0) is 6.54 Å². The van der Waals surface area contributed by atoms with Crippen molar-refractivity contribution in [1.82, 2.24) is 15.1 Å². The van der Waals surface area contributed by atoms with Crippen molar-refractivity contribution in [2.45, 2.75) is 47.2 Å². The highest BCUT2D eigenvalue weighted by atomic mass is 16.4. The van der Waals surface area contributed by atoms with Gasteiger partial charge in [-0.15, -0.1) is 10.2 Å². The Morgan fingerprint density at radius 2 is 1.81 bits per heavy atom. The predicted octanol–water partition coefficient (Wildman–Crippen LogP) is 3.91. The maximum atomic E-state index is 5.55. The standard InChI is InChI=1S/C17H25N3O/c1-12(2)10-20(11-17-19-18-15(5)21-17)14(4)16-9-7-6-8-13(16)3/h6-9,12,14H,10-11H2,1-5H3. The minimum atomic E-state index is 0.320. The second kappa shape index (κ2) is 6.85. The molecule has 4 nitrogen and oxygen atoms in total. The van der Waals surface area contributed by atoms with Crippen LogP contribution in [0.5, 0.6) is 0 Å². The lowest BCUT2D eigenvalue weighted by atomic mass is 10.0. The average Bonchev–Trinajstić information content (AvgIpc) is 2.83. The van der Waals surface area contributed by atoms with Gasteiger partial charge in [0.05, 0.1) is 6.54 Å². The van der Waals surface area contributed by atoms with E-state index in [-0.39, 0.29) is 0 Å². The van der Waals surface area contributed by atoms with Crippen LogP contribution < -0.4 is 0 Å². The molecule has 0 saturated heterocycles. The number of aromatic nitrogens is 2. The van der Waals surface area contributed by atoms with E-state index >= 15 is 0 Å². The van der Waals surface area contributed by atoms with Gasteiger partial charge in [0.2, 0.25) is 11.8 Å². The van der Waals surface area contributed by atoms with Crippen molar-refractivity contribution < 1.29 is 4.42 Å². The second-order valence-electron chi connectivity index (χ2n) is 6.07. The first-order chi connectivity index (χ1) is 9.97. The molecule has 0 saturated carbocycles. The molecule has 2 aromatic rings. The minimum Gasteiger partial charge on any atom is -0.424 e. The summed E-state index contributed by atoms with van der Waals surface area (Å²) in [7, 11) is 0. The van der Waals surface area contributed by atoms with E-state index in [1.165, 1.54) is 11.1 Å². The van der Waals surface area contributed by atoms with Gasteiger partial charge < -0.3 is 4.42 Å². The van der Waals surface area contributed by atoms with Crippen molar-refractivity contribution in [2.24, 2.45) is 5.92 Å². The first kappa shape index (κ1) is 15.7. The summed E-state index contributed by atoms with van der Waals surface area (Å²) >= 11 is 0. The van der Waals surface area contributed by atoms with E-state index in [1.54, 1.807) is 0 Å². The van der Waals surface area contributed by atoms with Gasteiger partial charge in [-0.1, -0.05) is 38.1 Å². The Bertz CT molecular complexity index is 577. The largest absolute Gasteiger partial charge is 0.424 e. The zero-order valence-electron chi connectivity index (χ0n) is 13.6. The lowest BCUT2D eigenvalue weighted by Gasteiger charge is -2.30. The van der Waals surface area contributed by atoms with Crippen molar-refractivity contribution >= 4 is 0 Å². The van der Waals surface area contributed by atoms with E-state index in [4.69, 9.17) is 4.42 Å². The maximum absolute atomic E-state index is 5.55. The van der Waals surface area contributed by atoms with E-state index in [0.29, 0.717) is 30.3 Å². The van der Waals surface area contributed by atoms with Crippen LogP contribution >= 0.6 is 0 Å². The smallest absolute Gasteiger partial charge is 0.230 e. The Morgan fingerprint density at radius 3 is 2.38 bits per heavy atom. The molecule has 1 atom stereocenters. The van der Waals surface area contributed by atoms with Crippen LogP contribution in [0, 0.1) is 19.8 Å². The first-order valence-electron chi connectivity index (χ1n) is 7.56. The Morgan fingerprint density at radius 1 is 1.10 bits per heavy atom. The molecule has 21 heavy (non-hydrogen) atoms. The molecule has 4 heteroatoms. The molecule has 1 aromatic heterocycles. The molecular formula is C17H25N3O. The van der Waals surface area contributed by atoms with E-state index < -0.39 is 0 Å². The summed E-state index contributed by atoms with van der Waals surface area (Å²) in [6, 6.07) is 8.87. The van der Waals surface area contributed by atoms with Crippen LogP contribution in [0.25, 0.3) is 0 Å². The van der Waals surface area contributed by atoms with Gasteiger partial charge in [0.25, 0.3) is 0 Å². The van der Waals surface area contributed by atoms with Gasteiger partial charge in [0.15, 0.2) is 0 Å². The Labute approximate surface area is 127 Å². The number of rotatable bonds is 6. The second-order valence-corrected chi connectivity index (χ2v) is 6.07. The molecule has 1 heterocycles. The lowest BCUT2D eigenvalue weighted by Crippen LogP contribution is -2.30. The topological polar surface area (TPSA) is 42.2 Å². The van der Waals surface area contributed by atoms with Crippen LogP contribution in [0.3, 0.4) is 0 Å². The van der Waals surface area contributed by atoms with Gasteiger partial charge in [-0.25, -0.2) is 0 Å². The van der Waals surface area contributed by atoms with Crippen molar-refractivity contribution in [3.63, 3.8) is 0 Å². The zero-order chi connectivity index (χ0) is 15.4. The third kappa shape index (κ3) is 4.14. The summed E-state index contributed by atoms with van der Waals surface area (Å²) in [5, 5.41) is 8.06. The highest BCUT2D eigenvalue weighted by Crippen LogP contribution is 2.25. The van der Waals surface area contributed by atoms with Crippen LogP contribution in [0.1, 0.15) is 49.7 Å². The van der Waals surface area contributed by atoms with Gasteiger partial charge >= 0.3 is 0 Å². The third-order valence-corrected chi connectivity index (χ3v) is 3.69. The minimum absolute atomic E-state index is 0.320. The van der Waals surface area contributed by atoms with Crippen LogP contribution in [-0.4, -0.2) is 21.6 Å². The fourth-order valence-electron chi connectivity index (χ4n) is 2.66. The molecule has 1 unspecified atom stereocenters. The summed E-state index contributed by atoms with van der Waals surface area (Å²) in [5.74, 6) is 1.90. The maximum Gasteiger partial charge on any atom is 0.230 e. The highest BCUT2D eigenvalue weighted by Gasteiger charge is 2.20. The van der Waals surface area contributed by atoms with E-state index in [2.05, 4.69) is 67.1 Å². The normalized spacial score (nSPS) is 13.1. The highest BCUT2D eigenvalue weighted by molar-refractivity contribution is 5.28. The summed E-state index contributed by atoms with van der Waals surface area (Å²) in [6.45, 7) is 12.4. The van der Waals surface area contributed by atoms with Crippen molar-refractivity contribution in [2.75, 3.05) is 6.54 Å². The lowest BCUT2D eigenvalue weighted by molar-refractivity contribution is 0.161. The average molecular weight is 287 g/mol. The monoisotopic (exact) mass is 287 g/mol. The number of hydrogen-bond acceptors (Lipinski definition) is 4. The Balaban J connectivity index is 2.20. The summed E-state index contributed by atoms with van der Waals surface area (Å²) in [6.07, 6.45) is 0. The first-order valence-corrected chi connectivity index (χ1v) is 7.56. The molecule has 1 aromatic carbocycles. The molecule has 0 N–H and O–H groups in total. The van der Waals surface area contributed by atoms with Crippen molar-refractivity contribution in [1.29, 1.82) is 0 Å². The number of hydrogen-bond donors (Lipinski definition) is 0. The molecule has 0 aliphatic rings. The predicted molar refractivity (Wildman–Crippen MR) is 83.9 cm³/mol. The number of benzene rings is 1. The molecule has 0 fully saturated rings. The summed E-state index contributed by atoms with van der Waals surface area (Å²) in [5.41, 5.74) is 2.68. The molecule has 0 aliphatic carbocycles. The molecule has 0 radical (unpaired) electrons. The van der Waals surface area contributed by atoms with Crippen molar-refractivity contribution in [3.8, 4) is 0 Å². The van der Waals surface area contributed by atoms with Crippen molar-refractivity contribution in [3.05, 3.63) is 47.2 Å². The molecule has 0 spiro atoms.